The minimum absolute atomic E-state index is 0.223. The Kier molecular flexibility index (Phi) is 46.5. The molecule has 11 fully saturated rings. The first-order valence-corrected chi connectivity index (χ1v) is 46.0. The maximum Gasteiger partial charge on any atom is 0.335 e. The van der Waals surface area contributed by atoms with E-state index in [0.29, 0.717) is 0 Å². The minimum atomic E-state index is -2.21. The molecule has 16 N–H and O–H groups in total. The molecule has 0 bridgehead atoms. The Morgan fingerprint density at radius 3 is 0.783 bits per heavy atom. The fourth-order valence-corrected chi connectivity index (χ4v) is 20.1. The van der Waals surface area contributed by atoms with Crippen molar-refractivity contribution >= 4 is 11.9 Å². The van der Waals surface area contributed by atoms with E-state index in [9.17, 15) is 96.8 Å². The minimum Gasteiger partial charge on any atom is -0.479 e. The van der Waals surface area contributed by atoms with Crippen molar-refractivity contribution in [2.24, 2.45) is 11.0 Å². The quantitative estimate of drug-likeness (QED) is 0.0153. The summed E-state index contributed by atoms with van der Waals surface area (Å²) in [6.07, 6.45) is -82.7. The Hall–Kier alpha value is -3.83. The molecule has 11 saturated heterocycles. The Balaban J connectivity index is 0.752. The van der Waals surface area contributed by atoms with Gasteiger partial charge in [0.15, 0.2) is 81.4 Å². The summed E-state index contributed by atoms with van der Waals surface area (Å²) in [6, 6.07) is -1.69. The first-order chi connectivity index (χ1) is 68.8. The summed E-state index contributed by atoms with van der Waals surface area (Å²) < 4.78 is 233. The molecule has 11 rings (SSSR count). The second-order valence-corrected chi connectivity index (χ2v) is 35.2. The molecule has 0 aromatic carbocycles. The molecule has 0 aromatic heterocycles. The molecular weight excluding hydrogens is 1950 g/mol. The Labute approximate surface area is 820 Å². The van der Waals surface area contributed by atoms with Crippen molar-refractivity contribution in [2.45, 2.75) is 339 Å². The summed E-state index contributed by atoms with van der Waals surface area (Å²) in [6.45, 7) is -4.28. The van der Waals surface area contributed by atoms with Gasteiger partial charge in [-0.2, -0.15) is 0 Å². The van der Waals surface area contributed by atoms with Crippen LogP contribution in [0.4, 0.5) is 0 Å². The topological polar surface area (TPSA) is 757 Å². The molecule has 22 unspecified atom stereocenters. The van der Waals surface area contributed by atoms with Gasteiger partial charge in [0.05, 0.1) is 71.7 Å². The predicted octanol–water partition coefficient (Wildman–Crippen LogP) is -11.1. The molecule has 55 atom stereocenters. The molecule has 11 aliphatic rings. The van der Waals surface area contributed by atoms with Gasteiger partial charge in [0.25, 0.3) is 0 Å². The standard InChI is InChI=1S/C84H143N3O56/c1-28-39(94)75(122-18)125-30(20-89)47(28)132-83-70(120-16)61(115-11)63(65(142-83)73(104)105)141-78-46(101)43(98)49(32(22-91)127-78)134-84-71(121-17)60(114-10)62(64(143-84)72(102)103)140-74-38(86-87-85)55(109-5)50(33(23-92)124-74)136-80-67(117-13)58(112-8)53(36(129-80)26-107-3)138-82-69(119-15)59(113-9)54(37(131-82)27-108-4)139-81-68(118-14)57(111-7)52(35(130-81)25-106-2)137-79-66(116-12)56(110-6)51(34(24-93)128-79)135-77-45(100)42(97)48(31(21-90)126-77)133-76-44(99)41(96)40(95)29(19-88)123-76/h28-71,74-84,88-101H,19-27H2,1-18H3,(H,102,103)(H,104,105)/t28-,29-,30?,31-,32-,33?,34?,35?,36-,37-,38?,39?,40-,41?,42?,43?,44?,45?,46?,47-,48-,49-,50+,51+,52+,53-,54-,55-,56+,57+,58?,59?,60+,61?,62-,63+,64?,65-,66?,67?,68?,69?,70?,71?,74+,75-,76-,77-,78-,79+,80-,81+,82-,83+,84-/m1/s1. The molecule has 0 aliphatic carbocycles. The van der Waals surface area contributed by atoms with E-state index in [-0.39, 0.29) is 19.8 Å². The van der Waals surface area contributed by atoms with Crippen LogP contribution in [0.2, 0.25) is 0 Å². The van der Waals surface area contributed by atoms with Gasteiger partial charge in [-0.1, -0.05) is 12.0 Å². The highest BCUT2D eigenvalue weighted by Crippen LogP contribution is 2.46. The summed E-state index contributed by atoms with van der Waals surface area (Å²) in [5.41, 5.74) is 10.3. The first kappa shape index (κ1) is 119. The fourth-order valence-electron chi connectivity index (χ4n) is 20.1. The molecule has 11 heterocycles. The monoisotopic (exact) mass is 2090 g/mol. The number of methoxy groups -OCH3 is 17. The SMILES string of the molecule is COCC1O[C@@H](O[C@H]2C(OC)C(OC)[C@@H](O[C@H]3C(OC)C(OC)[C@@H](O[C@H]4C(CO)O[C@@H](O[C@H]5C(C(=O)O)O[C@@H](O[C@H]6C(O)C(O)[C@@H](O[C@H]7C(OC)C(OC)[C@@H](O[C@H]8C(CO)O[C@@H](OC)C(O)[C@H]8C)O[C@H]7C(=O)O)O[C@@H]6CO)C(OC)[C@H]5OC)C(N=[N+]=[N-])[C@H]4OC)O[C@@H]3COC)O[C@@H]2COC)C(OC)[C@@H](OC)[C@H]1O[C@@H]1OC(CO)[C@H](O[C@H]2O[C@H](CO)[C@@H](O[C@H]3O[C@H](CO)[C@@H](O)C(O)C3O)C(O)C2O)[C@H](OC)C1OC. The number of ether oxygens (including phenoxy) is 38. The van der Waals surface area contributed by atoms with Crippen LogP contribution in [0.15, 0.2) is 5.11 Å². The van der Waals surface area contributed by atoms with Crippen LogP contribution in [0.5, 0.6) is 0 Å². The van der Waals surface area contributed by atoms with E-state index in [1.165, 1.54) is 107 Å². The molecule has 0 radical (unpaired) electrons. The van der Waals surface area contributed by atoms with Crippen LogP contribution in [-0.4, -0.2) is 606 Å². The van der Waals surface area contributed by atoms with Crippen LogP contribution >= 0.6 is 0 Å². The summed E-state index contributed by atoms with van der Waals surface area (Å²) in [7, 11) is 21.9. The van der Waals surface area contributed by atoms with E-state index in [0.717, 1.165) is 14.2 Å². The molecule has 830 valence electrons. The molecule has 0 saturated carbocycles. The van der Waals surface area contributed by atoms with Gasteiger partial charge in [0.2, 0.25) is 0 Å². The lowest BCUT2D eigenvalue weighted by atomic mass is 9.90. The van der Waals surface area contributed by atoms with Crippen LogP contribution < -0.4 is 0 Å². The number of nitrogens with zero attached hydrogens (tertiary/aromatic N) is 3. The zero-order valence-corrected chi connectivity index (χ0v) is 81.9. The highest BCUT2D eigenvalue weighted by molar-refractivity contribution is 5.74. The lowest BCUT2D eigenvalue weighted by Crippen LogP contribution is -2.69. The number of aliphatic carboxylic acids is 2. The highest BCUT2D eigenvalue weighted by atomic mass is 16.8. The number of carbonyl (C=O) groups is 2. The van der Waals surface area contributed by atoms with E-state index in [1.807, 2.05) is 0 Å². The van der Waals surface area contributed by atoms with Gasteiger partial charge in [-0.3, -0.25) is 0 Å². The second kappa shape index (κ2) is 55.6. The van der Waals surface area contributed by atoms with E-state index >= 15 is 0 Å². The van der Waals surface area contributed by atoms with Crippen molar-refractivity contribution < 1.29 is 271 Å². The number of hydrogen-bond acceptors (Lipinski definition) is 55. The number of carboxylic acids is 2. The van der Waals surface area contributed by atoms with Crippen LogP contribution in [-0.2, 0) is 190 Å². The number of aliphatic hydroxyl groups is 14. The van der Waals surface area contributed by atoms with Crippen LogP contribution in [0, 0.1) is 5.92 Å². The Morgan fingerprint density at radius 1 is 0.238 bits per heavy atom. The molecule has 59 nitrogen and oxygen atoms in total. The third kappa shape index (κ3) is 25.6. The molecule has 143 heavy (non-hydrogen) atoms. The largest absolute Gasteiger partial charge is 0.479 e. The van der Waals surface area contributed by atoms with Gasteiger partial charge in [-0.25, -0.2) is 9.59 Å². The summed E-state index contributed by atoms with van der Waals surface area (Å²) >= 11 is 0. The highest BCUT2D eigenvalue weighted by Gasteiger charge is 2.65. The van der Waals surface area contributed by atoms with Crippen molar-refractivity contribution in [3.8, 4) is 0 Å². The van der Waals surface area contributed by atoms with Gasteiger partial charge in [0, 0.05) is 132 Å². The Morgan fingerprint density at radius 2 is 0.469 bits per heavy atom. The molecule has 0 amide bonds. The number of hydrogen-bond donors (Lipinski definition) is 16. The van der Waals surface area contributed by atoms with Crippen molar-refractivity contribution in [3.05, 3.63) is 10.4 Å². The molecular formula is C84H143N3O56. The third-order valence-electron chi connectivity index (χ3n) is 27.4. The van der Waals surface area contributed by atoms with Crippen molar-refractivity contribution in [1.82, 2.24) is 0 Å². The molecule has 0 aromatic rings. The van der Waals surface area contributed by atoms with Crippen LogP contribution in [0.3, 0.4) is 0 Å². The molecule has 11 aliphatic heterocycles. The molecule has 59 heteroatoms. The zero-order valence-electron chi connectivity index (χ0n) is 81.9. The van der Waals surface area contributed by atoms with Gasteiger partial charge in [-0.05, 0) is 5.53 Å². The van der Waals surface area contributed by atoms with Crippen molar-refractivity contribution in [1.29, 1.82) is 0 Å². The van der Waals surface area contributed by atoms with Crippen molar-refractivity contribution in [2.75, 3.05) is 180 Å². The summed E-state index contributed by atoms with van der Waals surface area (Å²) in [5.74, 6) is -4.23. The lowest BCUT2D eigenvalue weighted by Gasteiger charge is -2.52. The normalized spacial score (nSPS) is 47.5. The Bertz CT molecular complexity index is 3780. The third-order valence-corrected chi connectivity index (χ3v) is 27.4. The smallest absolute Gasteiger partial charge is 0.335 e. The first-order valence-electron chi connectivity index (χ1n) is 46.0. The van der Waals surface area contributed by atoms with E-state index in [1.54, 1.807) is 6.92 Å². The number of carboxylic acid groups (broad SMARTS) is 2. The van der Waals surface area contributed by atoms with Crippen molar-refractivity contribution in [3.63, 3.8) is 0 Å². The van der Waals surface area contributed by atoms with Gasteiger partial charge in [-0.15, -0.1) is 0 Å². The van der Waals surface area contributed by atoms with Gasteiger partial charge < -0.3 is 262 Å². The number of rotatable bonds is 49. The average Bonchev–Trinajstić information content (AvgIpc) is 0.762. The maximum absolute atomic E-state index is 13.6. The van der Waals surface area contributed by atoms with E-state index in [2.05, 4.69) is 10.0 Å². The van der Waals surface area contributed by atoms with Gasteiger partial charge >= 0.3 is 11.9 Å². The van der Waals surface area contributed by atoms with E-state index in [4.69, 9.17) is 180 Å². The maximum atomic E-state index is 13.6. The van der Waals surface area contributed by atoms with Gasteiger partial charge in [0.1, 0.15) is 238 Å². The number of azide groups is 1. The summed E-state index contributed by atoms with van der Waals surface area (Å²) in [5, 5.41) is 179. The van der Waals surface area contributed by atoms with Crippen LogP contribution in [0.1, 0.15) is 6.92 Å². The fraction of sp³-hybridized carbons (Fsp3) is 0.976. The zero-order chi connectivity index (χ0) is 105. The second-order valence-electron chi connectivity index (χ2n) is 35.2. The molecule has 0 spiro atoms. The predicted molar refractivity (Wildman–Crippen MR) is 455 cm³/mol. The number of aliphatic hydroxyl groups excluding tert-OH is 14. The van der Waals surface area contributed by atoms with E-state index < -0.39 is 389 Å². The summed E-state index contributed by atoms with van der Waals surface area (Å²) in [4.78, 5) is 29.8. The average molecular weight is 2090 g/mol. The lowest BCUT2D eigenvalue weighted by molar-refractivity contribution is -0.403. The van der Waals surface area contributed by atoms with Crippen LogP contribution in [0.25, 0.3) is 10.4 Å².